The topological polar surface area (TPSA) is 75.6 Å². The molecule has 7 heteroatoms. The maximum atomic E-state index is 8.34. The smallest absolute Gasteiger partial charge is 0.0701 e. The van der Waals surface area contributed by atoms with Crippen LogP contribution < -0.4 is 0 Å². The molecule has 0 aliphatic rings. The van der Waals surface area contributed by atoms with Gasteiger partial charge in [-0.25, -0.2) is 0 Å². The highest BCUT2D eigenvalue weighted by Crippen LogP contribution is 2.13. The van der Waals surface area contributed by atoms with Gasteiger partial charge in [-0.3, -0.25) is 0 Å². The number of ether oxygens (including phenoxy) is 6. The Balaban J connectivity index is -0.000000206. The Kier molecular flexibility index (Phi) is 32.0. The second-order valence-corrected chi connectivity index (χ2v) is 11.8. The molecule has 1 N–H and O–H groups in total. The van der Waals surface area contributed by atoms with Gasteiger partial charge in [-0.05, 0) is 22.7 Å². The van der Waals surface area contributed by atoms with Crippen molar-refractivity contribution < 1.29 is 33.5 Å². The summed E-state index contributed by atoms with van der Waals surface area (Å²) in [6.45, 7) is 29.2. The summed E-state index contributed by atoms with van der Waals surface area (Å²) < 4.78 is 31.3. The molecule has 0 heterocycles. The van der Waals surface area contributed by atoms with Gasteiger partial charge in [0.05, 0.1) is 72.7 Å². The van der Waals surface area contributed by atoms with E-state index in [1.165, 1.54) is 0 Å². The molecule has 0 unspecified atom stereocenters. The molecule has 0 rings (SSSR count). The maximum Gasteiger partial charge on any atom is 0.0701 e. The van der Waals surface area contributed by atoms with Crippen molar-refractivity contribution in [2.75, 3.05) is 86.4 Å². The fourth-order valence-corrected chi connectivity index (χ4v) is 1.93. The highest BCUT2D eigenvalue weighted by Gasteiger charge is 2.10. The van der Waals surface area contributed by atoms with E-state index in [0.717, 1.165) is 39.5 Å². The standard InChI is InChI=1S/C10H22O3.C10H22O2.C7H16O2.CH4/c1-10(2,3)9-13-8-7-12-6-5-11-4;1-5-6-11-7-8-12-9-10(2,3)4;1-7(2,3)6-9-5-4-8;/h5-9H2,1-4H3;5-9H2,1-4H3;8H,4-6H2,1-3H3;1H4. The first-order valence-corrected chi connectivity index (χ1v) is 12.7. The molecular formula is C28H64O7. The molecule has 218 valence electrons. The summed E-state index contributed by atoms with van der Waals surface area (Å²) in [6.07, 6.45) is 1.08. The fraction of sp³-hybridized carbons (Fsp3) is 1.00. The van der Waals surface area contributed by atoms with E-state index >= 15 is 0 Å². The molecule has 0 aliphatic heterocycles. The van der Waals surface area contributed by atoms with Crippen molar-refractivity contribution in [1.29, 1.82) is 0 Å². The molecule has 0 atom stereocenters. The average molecular weight is 513 g/mol. The first kappa shape index (κ1) is 41.8. The Hall–Kier alpha value is -0.280. The SMILES string of the molecule is C.CC(C)(C)COCCO.CCCOCCOCC(C)(C)C.COCCOCCOCC(C)(C)C. The van der Waals surface area contributed by atoms with Crippen LogP contribution in [0.5, 0.6) is 0 Å². The van der Waals surface area contributed by atoms with Crippen molar-refractivity contribution in [2.24, 2.45) is 16.2 Å². The van der Waals surface area contributed by atoms with E-state index in [-0.39, 0.29) is 30.3 Å². The molecule has 0 amide bonds. The lowest BCUT2D eigenvalue weighted by atomic mass is 9.99. The van der Waals surface area contributed by atoms with Gasteiger partial charge >= 0.3 is 0 Å². The zero-order valence-electron chi connectivity index (χ0n) is 24.6. The van der Waals surface area contributed by atoms with Crippen molar-refractivity contribution in [1.82, 2.24) is 0 Å². The van der Waals surface area contributed by atoms with Crippen molar-refractivity contribution in [2.45, 2.75) is 83.1 Å². The van der Waals surface area contributed by atoms with Crippen molar-refractivity contribution in [3.05, 3.63) is 0 Å². The summed E-state index contributed by atoms with van der Waals surface area (Å²) in [7, 11) is 1.67. The molecule has 0 aliphatic carbocycles. The van der Waals surface area contributed by atoms with Gasteiger partial charge in [-0.15, -0.1) is 0 Å². The Morgan fingerprint density at radius 1 is 0.486 bits per heavy atom. The first-order chi connectivity index (χ1) is 15.7. The summed E-state index contributed by atoms with van der Waals surface area (Å²) in [4.78, 5) is 0. The summed E-state index contributed by atoms with van der Waals surface area (Å²) in [5, 5.41) is 8.34. The van der Waals surface area contributed by atoms with Gasteiger partial charge in [0.2, 0.25) is 0 Å². The zero-order chi connectivity index (χ0) is 26.9. The minimum absolute atomic E-state index is 0. The second-order valence-electron chi connectivity index (χ2n) is 11.8. The molecule has 0 fully saturated rings. The quantitative estimate of drug-likeness (QED) is 0.259. The third-order valence-corrected chi connectivity index (χ3v) is 3.37. The first-order valence-electron chi connectivity index (χ1n) is 12.7. The van der Waals surface area contributed by atoms with E-state index in [1.807, 2.05) is 0 Å². The van der Waals surface area contributed by atoms with Gasteiger partial charge in [0.25, 0.3) is 0 Å². The highest BCUT2D eigenvalue weighted by atomic mass is 16.5. The number of hydrogen-bond donors (Lipinski definition) is 1. The van der Waals surface area contributed by atoms with Crippen LogP contribution in [0, 0.1) is 16.2 Å². The van der Waals surface area contributed by atoms with E-state index in [1.54, 1.807) is 7.11 Å². The van der Waals surface area contributed by atoms with Crippen molar-refractivity contribution >= 4 is 0 Å². The molecule has 0 spiro atoms. The van der Waals surface area contributed by atoms with Gasteiger partial charge in [0, 0.05) is 13.7 Å². The van der Waals surface area contributed by atoms with Crippen LogP contribution in [0.3, 0.4) is 0 Å². The lowest BCUT2D eigenvalue weighted by molar-refractivity contribution is 0.00574. The molecule has 35 heavy (non-hydrogen) atoms. The van der Waals surface area contributed by atoms with Crippen LogP contribution in [0.1, 0.15) is 83.1 Å². The van der Waals surface area contributed by atoms with Crippen LogP contribution in [-0.4, -0.2) is 91.5 Å². The predicted molar refractivity (Wildman–Crippen MR) is 148 cm³/mol. The van der Waals surface area contributed by atoms with E-state index in [4.69, 9.17) is 33.5 Å². The van der Waals surface area contributed by atoms with Crippen molar-refractivity contribution in [3.63, 3.8) is 0 Å². The lowest BCUT2D eigenvalue weighted by Crippen LogP contribution is -2.17. The van der Waals surface area contributed by atoms with Gasteiger partial charge in [-0.2, -0.15) is 0 Å². The van der Waals surface area contributed by atoms with Crippen LogP contribution in [-0.2, 0) is 28.4 Å². The molecule has 0 radical (unpaired) electrons. The third-order valence-electron chi connectivity index (χ3n) is 3.37. The Morgan fingerprint density at radius 2 is 0.800 bits per heavy atom. The summed E-state index contributed by atoms with van der Waals surface area (Å²) in [6, 6.07) is 0. The molecule has 0 aromatic rings. The van der Waals surface area contributed by atoms with Gasteiger partial charge < -0.3 is 33.5 Å². The Morgan fingerprint density at radius 3 is 1.11 bits per heavy atom. The molecule has 0 bridgehead atoms. The molecule has 0 aromatic carbocycles. The monoisotopic (exact) mass is 512 g/mol. The number of methoxy groups -OCH3 is 1. The van der Waals surface area contributed by atoms with Crippen LogP contribution in [0.2, 0.25) is 0 Å². The normalized spacial score (nSPS) is 11.7. The molecule has 0 saturated heterocycles. The Labute approximate surface area is 219 Å². The number of rotatable bonds is 16. The third kappa shape index (κ3) is 55.5. The minimum atomic E-state index is 0. The van der Waals surface area contributed by atoms with E-state index in [9.17, 15) is 0 Å². The molecule has 0 saturated carbocycles. The lowest BCUT2D eigenvalue weighted by Gasteiger charge is -2.17. The fourth-order valence-electron chi connectivity index (χ4n) is 1.93. The number of hydrogen-bond acceptors (Lipinski definition) is 7. The van der Waals surface area contributed by atoms with E-state index < -0.39 is 0 Å². The average Bonchev–Trinajstić information content (AvgIpc) is 2.69. The largest absolute Gasteiger partial charge is 0.394 e. The summed E-state index contributed by atoms with van der Waals surface area (Å²) in [5.41, 5.74) is 0.729. The van der Waals surface area contributed by atoms with Gasteiger partial charge in [0.1, 0.15) is 0 Å². The van der Waals surface area contributed by atoms with Crippen LogP contribution in [0.25, 0.3) is 0 Å². The van der Waals surface area contributed by atoms with Crippen LogP contribution >= 0.6 is 0 Å². The summed E-state index contributed by atoms with van der Waals surface area (Å²) >= 11 is 0. The molecular weight excluding hydrogens is 448 g/mol. The molecule has 7 nitrogen and oxygen atoms in total. The van der Waals surface area contributed by atoms with Gasteiger partial charge in [0.15, 0.2) is 0 Å². The van der Waals surface area contributed by atoms with E-state index in [2.05, 4.69) is 69.2 Å². The number of aliphatic hydroxyl groups is 1. The van der Waals surface area contributed by atoms with Crippen molar-refractivity contribution in [3.8, 4) is 0 Å². The molecule has 0 aromatic heterocycles. The van der Waals surface area contributed by atoms with Crippen LogP contribution in [0.4, 0.5) is 0 Å². The Bertz CT molecular complexity index is 382. The summed E-state index contributed by atoms with van der Waals surface area (Å²) in [5.74, 6) is 0. The number of aliphatic hydroxyl groups excluding tert-OH is 1. The zero-order valence-corrected chi connectivity index (χ0v) is 24.6. The minimum Gasteiger partial charge on any atom is -0.394 e. The highest BCUT2D eigenvalue weighted by molar-refractivity contribution is 4.59. The maximum absolute atomic E-state index is 8.34. The van der Waals surface area contributed by atoms with E-state index in [0.29, 0.717) is 39.6 Å². The van der Waals surface area contributed by atoms with Gasteiger partial charge in [-0.1, -0.05) is 76.7 Å². The van der Waals surface area contributed by atoms with Crippen LogP contribution in [0.15, 0.2) is 0 Å². The predicted octanol–water partition coefficient (Wildman–Crippen LogP) is 5.87. The second kappa shape index (κ2) is 26.8.